The van der Waals surface area contributed by atoms with Gasteiger partial charge < -0.3 is 10.5 Å². The first kappa shape index (κ1) is 18.3. The molecule has 0 aromatic heterocycles. The first-order chi connectivity index (χ1) is 13.7. The lowest BCUT2D eigenvalue weighted by Crippen LogP contribution is -2.37. The van der Waals surface area contributed by atoms with Crippen LogP contribution >= 0.6 is 0 Å². The third kappa shape index (κ3) is 3.93. The molecule has 2 aromatic rings. The van der Waals surface area contributed by atoms with Crippen LogP contribution in [0.5, 0.6) is 5.75 Å². The van der Waals surface area contributed by atoms with Crippen LogP contribution in [0.2, 0.25) is 0 Å². The molecular formula is C23H25N3O2. The number of aryl methyl sites for hydroxylation is 1. The van der Waals surface area contributed by atoms with Crippen molar-refractivity contribution < 1.29 is 9.53 Å². The van der Waals surface area contributed by atoms with E-state index in [4.69, 9.17) is 10.5 Å². The summed E-state index contributed by atoms with van der Waals surface area (Å²) < 4.78 is 5.54. The number of rotatable bonds is 5. The summed E-state index contributed by atoms with van der Waals surface area (Å²) in [5.74, 6) is 1.42. The second-order valence-electron chi connectivity index (χ2n) is 7.35. The van der Waals surface area contributed by atoms with Crippen LogP contribution in [0.25, 0.3) is 5.57 Å². The topological polar surface area (TPSA) is 76.7 Å². The van der Waals surface area contributed by atoms with E-state index in [0.29, 0.717) is 18.0 Å². The second-order valence-corrected chi connectivity index (χ2v) is 7.35. The maximum absolute atomic E-state index is 12.7. The van der Waals surface area contributed by atoms with Crippen LogP contribution in [0.3, 0.4) is 0 Å². The Morgan fingerprint density at radius 3 is 2.82 bits per heavy atom. The number of para-hydroxylation sites is 1. The van der Waals surface area contributed by atoms with Gasteiger partial charge >= 0.3 is 0 Å². The molecule has 1 fully saturated rings. The quantitative estimate of drug-likeness (QED) is 0.620. The normalized spacial score (nSPS) is 16.2. The highest BCUT2D eigenvalue weighted by atomic mass is 16.5. The van der Waals surface area contributed by atoms with Gasteiger partial charge in [0.15, 0.2) is 5.96 Å². The third-order valence-corrected chi connectivity index (χ3v) is 5.28. The Labute approximate surface area is 165 Å². The van der Waals surface area contributed by atoms with Gasteiger partial charge in [-0.25, -0.2) is 0 Å². The molecule has 0 radical (unpaired) electrons. The zero-order chi connectivity index (χ0) is 19.5. The molecule has 2 aromatic carbocycles. The molecule has 0 saturated heterocycles. The minimum atomic E-state index is -0.232. The molecule has 4 rings (SSSR count). The summed E-state index contributed by atoms with van der Waals surface area (Å²) in [6.45, 7) is 0.691. The molecule has 1 amide bonds. The lowest BCUT2D eigenvalue weighted by Gasteiger charge is -2.20. The SMILES string of the molecule is COc1ccccc1C1=CCCc2ccc(C(=O)NC(N)=NCC3CC3)cc21. The van der Waals surface area contributed by atoms with Gasteiger partial charge in [0.2, 0.25) is 0 Å². The van der Waals surface area contributed by atoms with Crippen LogP contribution < -0.4 is 15.8 Å². The summed E-state index contributed by atoms with van der Waals surface area (Å²) >= 11 is 0. The number of carbonyl (C=O) groups excluding carboxylic acids is 1. The minimum absolute atomic E-state index is 0.190. The summed E-state index contributed by atoms with van der Waals surface area (Å²) in [6.07, 6.45) is 6.54. The number of methoxy groups -OCH3 is 1. The number of aliphatic imine (C=N–C) groups is 1. The predicted octanol–water partition coefficient (Wildman–Crippen LogP) is 3.53. The van der Waals surface area contributed by atoms with E-state index in [2.05, 4.69) is 22.5 Å². The number of amides is 1. The number of nitrogens with one attached hydrogen (secondary N) is 1. The van der Waals surface area contributed by atoms with Gasteiger partial charge in [0.05, 0.1) is 7.11 Å². The Kier molecular flexibility index (Phi) is 5.15. The number of ether oxygens (including phenoxy) is 1. The van der Waals surface area contributed by atoms with Crippen molar-refractivity contribution in [3.05, 3.63) is 70.8 Å². The predicted molar refractivity (Wildman–Crippen MR) is 112 cm³/mol. The molecule has 0 bridgehead atoms. The fourth-order valence-corrected chi connectivity index (χ4v) is 3.55. The van der Waals surface area contributed by atoms with Gasteiger partial charge in [0.25, 0.3) is 5.91 Å². The maximum Gasteiger partial charge on any atom is 0.257 e. The molecule has 2 aliphatic rings. The number of fused-ring (bicyclic) bond motifs is 1. The average molecular weight is 375 g/mol. The Balaban J connectivity index is 1.60. The maximum atomic E-state index is 12.7. The van der Waals surface area contributed by atoms with Gasteiger partial charge in [-0.1, -0.05) is 30.3 Å². The lowest BCUT2D eigenvalue weighted by atomic mass is 9.85. The fourth-order valence-electron chi connectivity index (χ4n) is 3.55. The molecule has 5 heteroatoms. The summed E-state index contributed by atoms with van der Waals surface area (Å²) in [6, 6.07) is 13.8. The standard InChI is InChI=1S/C23H25N3O2/c1-28-21-8-3-2-6-19(21)18-7-4-5-16-11-12-17(13-20(16)18)22(27)26-23(24)25-14-15-9-10-15/h2-3,6-8,11-13,15H,4-5,9-10,14H2,1H3,(H3,24,25,26,27). The van der Waals surface area contributed by atoms with Crippen molar-refractivity contribution in [1.82, 2.24) is 5.32 Å². The average Bonchev–Trinajstić information content (AvgIpc) is 3.56. The van der Waals surface area contributed by atoms with E-state index in [1.807, 2.05) is 36.4 Å². The van der Waals surface area contributed by atoms with Gasteiger partial charge in [0.1, 0.15) is 5.75 Å². The van der Waals surface area contributed by atoms with Crippen LogP contribution in [0.15, 0.2) is 53.5 Å². The molecular weight excluding hydrogens is 350 g/mol. The highest BCUT2D eigenvalue weighted by Gasteiger charge is 2.21. The number of carbonyl (C=O) groups is 1. The largest absolute Gasteiger partial charge is 0.496 e. The van der Waals surface area contributed by atoms with Gasteiger partial charge in [-0.05, 0) is 66.5 Å². The van der Waals surface area contributed by atoms with Crippen molar-refractivity contribution in [2.45, 2.75) is 25.7 Å². The van der Waals surface area contributed by atoms with Gasteiger partial charge in [-0.15, -0.1) is 0 Å². The zero-order valence-corrected chi connectivity index (χ0v) is 16.1. The van der Waals surface area contributed by atoms with E-state index in [9.17, 15) is 4.79 Å². The molecule has 0 heterocycles. The highest BCUT2D eigenvalue weighted by Crippen LogP contribution is 2.36. The molecule has 0 aliphatic heterocycles. The van der Waals surface area contributed by atoms with Crippen molar-refractivity contribution >= 4 is 17.4 Å². The van der Waals surface area contributed by atoms with E-state index >= 15 is 0 Å². The van der Waals surface area contributed by atoms with E-state index in [1.165, 1.54) is 18.4 Å². The number of nitrogens with two attached hydrogens (primary N) is 1. The van der Waals surface area contributed by atoms with Crippen LogP contribution in [-0.4, -0.2) is 25.5 Å². The first-order valence-electron chi connectivity index (χ1n) is 9.74. The Bertz CT molecular complexity index is 958. The smallest absolute Gasteiger partial charge is 0.257 e. The van der Waals surface area contributed by atoms with E-state index in [0.717, 1.165) is 35.3 Å². The number of nitrogens with zero attached hydrogens (tertiary/aromatic N) is 1. The van der Waals surface area contributed by atoms with Crippen molar-refractivity contribution in [3.8, 4) is 5.75 Å². The molecule has 0 unspecified atom stereocenters. The Morgan fingerprint density at radius 2 is 2.04 bits per heavy atom. The van der Waals surface area contributed by atoms with Crippen molar-refractivity contribution in [2.75, 3.05) is 13.7 Å². The van der Waals surface area contributed by atoms with Crippen LogP contribution in [0.4, 0.5) is 0 Å². The Hall–Kier alpha value is -3.08. The van der Waals surface area contributed by atoms with Gasteiger partial charge in [-0.2, -0.15) is 0 Å². The molecule has 144 valence electrons. The lowest BCUT2D eigenvalue weighted by molar-refractivity contribution is 0.0976. The van der Waals surface area contributed by atoms with Crippen molar-refractivity contribution in [1.29, 1.82) is 0 Å². The number of hydrogen-bond donors (Lipinski definition) is 2. The molecule has 1 saturated carbocycles. The summed E-state index contributed by atoms with van der Waals surface area (Å²) in [4.78, 5) is 16.9. The first-order valence-corrected chi connectivity index (χ1v) is 9.74. The Morgan fingerprint density at radius 1 is 1.21 bits per heavy atom. The van der Waals surface area contributed by atoms with Gasteiger partial charge in [-0.3, -0.25) is 15.1 Å². The number of hydrogen-bond acceptors (Lipinski definition) is 3. The van der Waals surface area contributed by atoms with Crippen molar-refractivity contribution in [2.24, 2.45) is 16.6 Å². The van der Waals surface area contributed by atoms with Crippen LogP contribution in [0.1, 0.15) is 46.3 Å². The van der Waals surface area contributed by atoms with E-state index in [-0.39, 0.29) is 11.9 Å². The monoisotopic (exact) mass is 375 g/mol. The summed E-state index contributed by atoms with van der Waals surface area (Å²) in [7, 11) is 1.68. The third-order valence-electron chi connectivity index (χ3n) is 5.28. The molecule has 5 nitrogen and oxygen atoms in total. The number of benzene rings is 2. The summed E-state index contributed by atoms with van der Waals surface area (Å²) in [5, 5.41) is 2.71. The van der Waals surface area contributed by atoms with Crippen LogP contribution in [0, 0.1) is 5.92 Å². The van der Waals surface area contributed by atoms with Crippen LogP contribution in [-0.2, 0) is 6.42 Å². The van der Waals surface area contributed by atoms with Gasteiger partial charge in [0, 0.05) is 17.7 Å². The van der Waals surface area contributed by atoms with E-state index in [1.54, 1.807) is 7.11 Å². The zero-order valence-electron chi connectivity index (χ0n) is 16.1. The second kappa shape index (κ2) is 7.89. The van der Waals surface area contributed by atoms with Crippen molar-refractivity contribution in [3.63, 3.8) is 0 Å². The molecule has 0 spiro atoms. The molecule has 2 aliphatic carbocycles. The molecule has 28 heavy (non-hydrogen) atoms. The van der Waals surface area contributed by atoms with E-state index < -0.39 is 0 Å². The molecule has 0 atom stereocenters. The highest BCUT2D eigenvalue weighted by molar-refractivity contribution is 6.06. The summed E-state index contributed by atoms with van der Waals surface area (Å²) in [5.41, 5.74) is 10.9. The molecule has 3 N–H and O–H groups in total. The number of guanidine groups is 1. The minimum Gasteiger partial charge on any atom is -0.496 e. The fraction of sp³-hybridized carbons (Fsp3) is 0.304. The number of allylic oxidation sites excluding steroid dienone is 1.